The van der Waals surface area contributed by atoms with E-state index in [9.17, 15) is 8.42 Å². The number of fused-ring (bicyclic) bond motifs is 1. The molecule has 3 rings (SSSR count). The van der Waals surface area contributed by atoms with Gasteiger partial charge in [0.05, 0.1) is 11.9 Å². The first-order valence-electron chi connectivity index (χ1n) is 5.49. The van der Waals surface area contributed by atoms with Gasteiger partial charge < -0.3 is 5.73 Å². The smallest absolute Gasteiger partial charge is 0.267 e. The van der Waals surface area contributed by atoms with Crippen molar-refractivity contribution in [3.8, 4) is 0 Å². The average molecular weight is 264 g/mol. The molecule has 6 nitrogen and oxygen atoms in total. The van der Waals surface area contributed by atoms with Crippen LogP contribution in [0.4, 0.5) is 11.4 Å². The van der Waals surface area contributed by atoms with Gasteiger partial charge in [0.2, 0.25) is 0 Å². The van der Waals surface area contributed by atoms with Gasteiger partial charge in [-0.2, -0.15) is 5.10 Å². The molecule has 0 unspecified atom stereocenters. The summed E-state index contributed by atoms with van der Waals surface area (Å²) in [6.45, 7) is 0.437. The predicted molar refractivity (Wildman–Crippen MR) is 67.7 cm³/mol. The quantitative estimate of drug-likeness (QED) is 0.783. The molecule has 0 radical (unpaired) electrons. The standard InChI is InChI=1S/C11H12N4O2S/c12-9-2-1-8-3-4-15(11(8)5-9)18(16,17)10-6-13-14-7-10/h1-2,5-7H,3-4,12H2,(H,13,14). The zero-order chi connectivity index (χ0) is 12.8. The molecular formula is C11H12N4O2S. The van der Waals surface area contributed by atoms with Crippen molar-refractivity contribution in [2.45, 2.75) is 11.3 Å². The lowest BCUT2D eigenvalue weighted by atomic mass is 10.1. The number of anilines is 2. The third-order valence-corrected chi connectivity index (χ3v) is 4.80. The molecule has 0 atom stereocenters. The summed E-state index contributed by atoms with van der Waals surface area (Å²) in [5.74, 6) is 0. The highest BCUT2D eigenvalue weighted by atomic mass is 32.2. The van der Waals surface area contributed by atoms with Gasteiger partial charge in [-0.05, 0) is 24.1 Å². The van der Waals surface area contributed by atoms with Crippen LogP contribution < -0.4 is 10.0 Å². The number of hydrogen-bond donors (Lipinski definition) is 2. The molecule has 1 aromatic heterocycles. The zero-order valence-electron chi connectivity index (χ0n) is 9.50. The first-order chi connectivity index (χ1) is 8.59. The molecule has 0 aliphatic carbocycles. The molecule has 1 aliphatic heterocycles. The Morgan fingerprint density at radius 2 is 2.22 bits per heavy atom. The van der Waals surface area contributed by atoms with Gasteiger partial charge in [0.25, 0.3) is 10.0 Å². The van der Waals surface area contributed by atoms with Gasteiger partial charge >= 0.3 is 0 Å². The monoisotopic (exact) mass is 264 g/mol. The highest BCUT2D eigenvalue weighted by Gasteiger charge is 2.31. The predicted octanol–water partition coefficient (Wildman–Crippen LogP) is 0.743. The van der Waals surface area contributed by atoms with Crippen molar-refractivity contribution in [2.75, 3.05) is 16.6 Å². The number of hydrogen-bond acceptors (Lipinski definition) is 4. The minimum absolute atomic E-state index is 0.165. The van der Waals surface area contributed by atoms with Gasteiger partial charge in [-0.15, -0.1) is 0 Å². The van der Waals surface area contributed by atoms with Crippen molar-refractivity contribution in [1.82, 2.24) is 10.2 Å². The van der Waals surface area contributed by atoms with Crippen molar-refractivity contribution >= 4 is 21.4 Å². The lowest BCUT2D eigenvalue weighted by Crippen LogP contribution is -2.28. The molecule has 18 heavy (non-hydrogen) atoms. The van der Waals surface area contributed by atoms with Gasteiger partial charge in [-0.3, -0.25) is 9.40 Å². The van der Waals surface area contributed by atoms with E-state index >= 15 is 0 Å². The van der Waals surface area contributed by atoms with E-state index in [0.29, 0.717) is 24.3 Å². The lowest BCUT2D eigenvalue weighted by molar-refractivity contribution is 0.592. The van der Waals surface area contributed by atoms with Crippen LogP contribution in [0.2, 0.25) is 0 Å². The molecule has 2 heterocycles. The molecule has 3 N–H and O–H groups in total. The minimum atomic E-state index is -3.54. The third kappa shape index (κ3) is 1.55. The average Bonchev–Trinajstić information content (AvgIpc) is 2.97. The Hall–Kier alpha value is -2.02. The number of nitrogen functional groups attached to an aromatic ring is 1. The van der Waals surface area contributed by atoms with Crippen LogP contribution in [-0.2, 0) is 16.4 Å². The van der Waals surface area contributed by atoms with Crippen LogP contribution >= 0.6 is 0 Å². The summed E-state index contributed by atoms with van der Waals surface area (Å²) < 4.78 is 26.2. The Balaban J connectivity index is 2.10. The van der Waals surface area contributed by atoms with Crippen LogP contribution in [0.25, 0.3) is 0 Å². The maximum Gasteiger partial charge on any atom is 0.267 e. The lowest BCUT2D eigenvalue weighted by Gasteiger charge is -2.18. The zero-order valence-corrected chi connectivity index (χ0v) is 10.3. The van der Waals surface area contributed by atoms with E-state index in [4.69, 9.17) is 5.73 Å². The Morgan fingerprint density at radius 3 is 2.94 bits per heavy atom. The number of nitrogens with zero attached hydrogens (tertiary/aromatic N) is 2. The summed E-state index contributed by atoms with van der Waals surface area (Å²) in [7, 11) is -3.54. The fourth-order valence-corrected chi connectivity index (χ4v) is 3.53. The Kier molecular flexibility index (Phi) is 2.30. The maximum atomic E-state index is 12.4. The van der Waals surface area contributed by atoms with E-state index in [1.54, 1.807) is 12.1 Å². The molecule has 94 valence electrons. The Labute approximate surface area is 104 Å². The fourth-order valence-electron chi connectivity index (χ4n) is 2.12. The second-order valence-electron chi connectivity index (χ2n) is 4.15. The van der Waals surface area contributed by atoms with Gasteiger partial charge in [-0.1, -0.05) is 6.07 Å². The van der Waals surface area contributed by atoms with Gasteiger partial charge in [-0.25, -0.2) is 8.42 Å². The van der Waals surface area contributed by atoms with Crippen LogP contribution in [0.3, 0.4) is 0 Å². The number of rotatable bonds is 2. The molecule has 1 aliphatic rings. The Morgan fingerprint density at radius 1 is 1.39 bits per heavy atom. The molecule has 1 aromatic carbocycles. The highest BCUT2D eigenvalue weighted by Crippen LogP contribution is 2.33. The van der Waals surface area contributed by atoms with Crippen LogP contribution in [0.1, 0.15) is 5.56 Å². The van der Waals surface area contributed by atoms with Crippen molar-refractivity contribution in [3.63, 3.8) is 0 Å². The van der Waals surface area contributed by atoms with Crippen molar-refractivity contribution < 1.29 is 8.42 Å². The molecule has 7 heteroatoms. The van der Waals surface area contributed by atoms with Crippen LogP contribution in [0.5, 0.6) is 0 Å². The number of nitrogens with one attached hydrogen (secondary N) is 1. The number of aromatic nitrogens is 2. The van der Waals surface area contributed by atoms with E-state index < -0.39 is 10.0 Å². The second-order valence-corrected chi connectivity index (χ2v) is 6.01. The van der Waals surface area contributed by atoms with E-state index in [0.717, 1.165) is 5.56 Å². The van der Waals surface area contributed by atoms with Crippen molar-refractivity contribution in [3.05, 3.63) is 36.2 Å². The van der Waals surface area contributed by atoms with Crippen LogP contribution in [0.15, 0.2) is 35.5 Å². The van der Waals surface area contributed by atoms with Crippen molar-refractivity contribution in [2.24, 2.45) is 0 Å². The van der Waals surface area contributed by atoms with Gasteiger partial charge in [0.1, 0.15) is 4.90 Å². The number of H-pyrrole nitrogens is 1. The summed E-state index contributed by atoms with van der Waals surface area (Å²) >= 11 is 0. The summed E-state index contributed by atoms with van der Waals surface area (Å²) in [6, 6.07) is 5.35. The SMILES string of the molecule is Nc1ccc2c(c1)N(S(=O)(=O)c1cn[nH]c1)CC2. The van der Waals surface area contributed by atoms with E-state index in [-0.39, 0.29) is 4.90 Å². The molecular weight excluding hydrogens is 252 g/mol. The van der Waals surface area contributed by atoms with E-state index in [2.05, 4.69) is 10.2 Å². The van der Waals surface area contributed by atoms with E-state index in [1.807, 2.05) is 6.07 Å². The molecule has 0 bridgehead atoms. The molecule has 0 amide bonds. The van der Waals surface area contributed by atoms with Crippen LogP contribution in [0, 0.1) is 0 Å². The molecule has 0 saturated heterocycles. The van der Waals surface area contributed by atoms with Gasteiger partial charge in [0, 0.05) is 18.4 Å². The highest BCUT2D eigenvalue weighted by molar-refractivity contribution is 7.92. The second kappa shape index (κ2) is 3.74. The summed E-state index contributed by atoms with van der Waals surface area (Å²) in [5.41, 5.74) is 7.93. The summed E-state index contributed by atoms with van der Waals surface area (Å²) in [6.07, 6.45) is 3.38. The topological polar surface area (TPSA) is 92.1 Å². The molecule has 0 spiro atoms. The maximum absolute atomic E-state index is 12.4. The first kappa shape index (κ1) is 11.1. The fraction of sp³-hybridized carbons (Fsp3) is 0.182. The van der Waals surface area contributed by atoms with Gasteiger partial charge in [0.15, 0.2) is 0 Å². The Bertz CT molecular complexity index is 679. The summed E-state index contributed by atoms with van der Waals surface area (Å²) in [4.78, 5) is 0.165. The number of benzene rings is 1. The number of aromatic amines is 1. The largest absolute Gasteiger partial charge is 0.399 e. The summed E-state index contributed by atoms with van der Waals surface area (Å²) in [5, 5.41) is 6.19. The van der Waals surface area contributed by atoms with Crippen LogP contribution in [-0.4, -0.2) is 25.2 Å². The third-order valence-electron chi connectivity index (χ3n) is 3.02. The normalized spacial score (nSPS) is 14.8. The molecule has 0 fully saturated rings. The molecule has 2 aromatic rings. The van der Waals surface area contributed by atoms with Crippen molar-refractivity contribution in [1.29, 1.82) is 0 Å². The molecule has 0 saturated carbocycles. The number of sulfonamides is 1. The minimum Gasteiger partial charge on any atom is -0.399 e. The first-order valence-corrected chi connectivity index (χ1v) is 6.93. The van der Waals surface area contributed by atoms with E-state index in [1.165, 1.54) is 16.7 Å². The number of nitrogens with two attached hydrogens (primary N) is 1.